The smallest absolute Gasteiger partial charge is 0.178 e. The predicted molar refractivity (Wildman–Crippen MR) is 57.2 cm³/mol. The number of H-pyrrole nitrogens is 1. The molecule has 0 aliphatic rings. The average Bonchev–Trinajstić information content (AvgIpc) is 2.72. The Labute approximate surface area is 93.3 Å². The van der Waals surface area contributed by atoms with Gasteiger partial charge in [0.1, 0.15) is 5.75 Å². The molecule has 0 radical (unpaired) electrons. The number of aromatic amines is 1. The maximum Gasteiger partial charge on any atom is 0.178 e. The summed E-state index contributed by atoms with van der Waals surface area (Å²) < 4.78 is 5.05. The quantitative estimate of drug-likeness (QED) is 0.855. The van der Waals surface area contributed by atoms with Crippen molar-refractivity contribution in [1.29, 1.82) is 0 Å². The number of hydrogen-bond donors (Lipinski definition) is 1. The third kappa shape index (κ3) is 2.92. The van der Waals surface area contributed by atoms with Gasteiger partial charge in [-0.3, -0.25) is 0 Å². The van der Waals surface area contributed by atoms with Gasteiger partial charge in [0.25, 0.3) is 0 Å². The zero-order valence-electron chi connectivity index (χ0n) is 8.17. The van der Waals surface area contributed by atoms with E-state index >= 15 is 0 Å². The van der Waals surface area contributed by atoms with Crippen LogP contribution in [0.25, 0.3) is 0 Å². The van der Waals surface area contributed by atoms with Crippen LogP contribution >= 0.6 is 12.4 Å². The summed E-state index contributed by atoms with van der Waals surface area (Å²) in [4.78, 5) is 0. The van der Waals surface area contributed by atoms with Crippen LogP contribution in [0.4, 0.5) is 0 Å². The first-order valence-corrected chi connectivity index (χ1v) is 4.24. The van der Waals surface area contributed by atoms with Gasteiger partial charge in [0.15, 0.2) is 5.82 Å². The average molecular weight is 227 g/mol. The molecule has 1 N–H and O–H groups in total. The lowest BCUT2D eigenvalue weighted by Crippen LogP contribution is -1.91. The number of halogens is 1. The normalized spacial score (nSPS) is 9.40. The fourth-order valence-electron chi connectivity index (χ4n) is 1.18. The van der Waals surface area contributed by atoms with E-state index in [-0.39, 0.29) is 12.4 Å². The second kappa shape index (κ2) is 5.31. The molecular weight excluding hydrogens is 216 g/mol. The van der Waals surface area contributed by atoms with Crippen molar-refractivity contribution in [3.05, 3.63) is 35.7 Å². The predicted octanol–water partition coefficient (Wildman–Crippen LogP) is 1.22. The van der Waals surface area contributed by atoms with Gasteiger partial charge in [0.05, 0.1) is 7.11 Å². The Balaban J connectivity index is 0.00000112. The molecule has 0 fully saturated rings. The standard InChI is InChI=1S/C9H10N4O.ClH/c1-14-8-4-2-7(3-5-8)6-9-10-12-13-11-9;/h2-5H,6H2,1H3,(H,10,11,12,13);1H. The topological polar surface area (TPSA) is 63.7 Å². The Morgan fingerprint density at radius 2 is 2.00 bits per heavy atom. The zero-order valence-corrected chi connectivity index (χ0v) is 8.99. The van der Waals surface area contributed by atoms with E-state index in [9.17, 15) is 0 Å². The van der Waals surface area contributed by atoms with Crippen molar-refractivity contribution in [3.8, 4) is 5.75 Å². The van der Waals surface area contributed by atoms with E-state index in [0.717, 1.165) is 11.3 Å². The van der Waals surface area contributed by atoms with E-state index in [1.165, 1.54) is 0 Å². The molecule has 0 atom stereocenters. The molecule has 0 spiro atoms. The molecule has 6 heteroatoms. The molecule has 80 valence electrons. The molecule has 0 unspecified atom stereocenters. The van der Waals surface area contributed by atoms with Crippen molar-refractivity contribution < 1.29 is 4.74 Å². The third-order valence-electron chi connectivity index (χ3n) is 1.91. The van der Waals surface area contributed by atoms with Gasteiger partial charge in [-0.25, -0.2) is 0 Å². The van der Waals surface area contributed by atoms with Gasteiger partial charge in [0, 0.05) is 6.42 Å². The van der Waals surface area contributed by atoms with Gasteiger partial charge in [-0.15, -0.1) is 22.6 Å². The van der Waals surface area contributed by atoms with Crippen LogP contribution in [0.1, 0.15) is 11.4 Å². The molecule has 1 aromatic heterocycles. The van der Waals surface area contributed by atoms with Gasteiger partial charge in [-0.2, -0.15) is 5.21 Å². The monoisotopic (exact) mass is 226 g/mol. The van der Waals surface area contributed by atoms with Crippen molar-refractivity contribution in [2.75, 3.05) is 7.11 Å². The first-order valence-electron chi connectivity index (χ1n) is 4.24. The van der Waals surface area contributed by atoms with E-state index in [1.54, 1.807) is 7.11 Å². The fraction of sp³-hybridized carbons (Fsp3) is 0.222. The number of tetrazole rings is 1. The number of nitrogens with one attached hydrogen (secondary N) is 1. The van der Waals surface area contributed by atoms with Crippen molar-refractivity contribution in [2.24, 2.45) is 0 Å². The molecule has 15 heavy (non-hydrogen) atoms. The van der Waals surface area contributed by atoms with E-state index in [0.29, 0.717) is 12.2 Å². The Kier molecular flexibility index (Phi) is 4.05. The molecule has 1 heterocycles. The number of benzene rings is 1. The summed E-state index contributed by atoms with van der Waals surface area (Å²) in [6.45, 7) is 0. The highest BCUT2D eigenvalue weighted by Crippen LogP contribution is 2.12. The molecule has 5 nitrogen and oxygen atoms in total. The summed E-state index contributed by atoms with van der Waals surface area (Å²) in [7, 11) is 1.65. The SMILES string of the molecule is COc1ccc(Cc2nn[nH]n2)cc1.Cl. The van der Waals surface area contributed by atoms with E-state index < -0.39 is 0 Å². The van der Waals surface area contributed by atoms with Crippen LogP contribution in [-0.2, 0) is 6.42 Å². The number of ether oxygens (including phenoxy) is 1. The molecule has 1 aromatic carbocycles. The number of methoxy groups -OCH3 is 1. The number of rotatable bonds is 3. The first-order chi connectivity index (χ1) is 6.88. The van der Waals surface area contributed by atoms with Gasteiger partial charge in [-0.1, -0.05) is 17.3 Å². The minimum atomic E-state index is 0. The number of aromatic nitrogens is 4. The first kappa shape index (κ1) is 11.5. The molecule has 0 saturated carbocycles. The van der Waals surface area contributed by atoms with Crippen molar-refractivity contribution in [2.45, 2.75) is 6.42 Å². The van der Waals surface area contributed by atoms with Crippen LogP contribution in [0.2, 0.25) is 0 Å². The molecular formula is C9H11ClN4O. The Hall–Kier alpha value is -1.62. The van der Waals surface area contributed by atoms with E-state index in [2.05, 4.69) is 20.6 Å². The number of nitrogens with zero attached hydrogens (tertiary/aromatic N) is 3. The maximum absolute atomic E-state index is 5.05. The van der Waals surface area contributed by atoms with Gasteiger partial charge >= 0.3 is 0 Å². The van der Waals surface area contributed by atoms with Crippen LogP contribution in [0.3, 0.4) is 0 Å². The third-order valence-corrected chi connectivity index (χ3v) is 1.91. The molecule has 0 saturated heterocycles. The molecule has 0 aliphatic heterocycles. The van der Waals surface area contributed by atoms with Crippen LogP contribution in [-0.4, -0.2) is 27.7 Å². The second-order valence-corrected chi connectivity index (χ2v) is 2.85. The van der Waals surface area contributed by atoms with Crippen LogP contribution in [0.15, 0.2) is 24.3 Å². The van der Waals surface area contributed by atoms with E-state index in [4.69, 9.17) is 4.74 Å². The minimum Gasteiger partial charge on any atom is -0.497 e. The largest absolute Gasteiger partial charge is 0.497 e. The van der Waals surface area contributed by atoms with Crippen LogP contribution in [0.5, 0.6) is 5.75 Å². The lowest BCUT2D eigenvalue weighted by molar-refractivity contribution is 0.414. The minimum absolute atomic E-state index is 0. The van der Waals surface area contributed by atoms with E-state index in [1.807, 2.05) is 24.3 Å². The summed E-state index contributed by atoms with van der Waals surface area (Å²) in [5, 5.41) is 13.7. The van der Waals surface area contributed by atoms with Crippen molar-refractivity contribution in [1.82, 2.24) is 20.6 Å². The Morgan fingerprint density at radius 3 is 2.53 bits per heavy atom. The molecule has 0 aliphatic carbocycles. The Bertz CT molecular complexity index is 387. The maximum atomic E-state index is 5.05. The molecule has 2 aromatic rings. The highest BCUT2D eigenvalue weighted by Gasteiger charge is 2.00. The Morgan fingerprint density at radius 1 is 1.27 bits per heavy atom. The molecule has 0 bridgehead atoms. The summed E-state index contributed by atoms with van der Waals surface area (Å²) >= 11 is 0. The summed E-state index contributed by atoms with van der Waals surface area (Å²) in [6.07, 6.45) is 0.681. The fourth-order valence-corrected chi connectivity index (χ4v) is 1.18. The molecule has 2 rings (SSSR count). The molecule has 0 amide bonds. The van der Waals surface area contributed by atoms with Gasteiger partial charge < -0.3 is 4.74 Å². The van der Waals surface area contributed by atoms with Crippen molar-refractivity contribution >= 4 is 12.4 Å². The van der Waals surface area contributed by atoms with Gasteiger partial charge in [0.2, 0.25) is 0 Å². The number of hydrogen-bond acceptors (Lipinski definition) is 4. The van der Waals surface area contributed by atoms with Crippen molar-refractivity contribution in [3.63, 3.8) is 0 Å². The lowest BCUT2D eigenvalue weighted by atomic mass is 10.1. The zero-order chi connectivity index (χ0) is 9.80. The second-order valence-electron chi connectivity index (χ2n) is 2.85. The van der Waals surface area contributed by atoms with Gasteiger partial charge in [-0.05, 0) is 17.7 Å². The summed E-state index contributed by atoms with van der Waals surface area (Å²) in [5.74, 6) is 1.54. The summed E-state index contributed by atoms with van der Waals surface area (Å²) in [6, 6.07) is 7.79. The lowest BCUT2D eigenvalue weighted by Gasteiger charge is -2.00. The van der Waals surface area contributed by atoms with Crippen LogP contribution < -0.4 is 4.74 Å². The summed E-state index contributed by atoms with van der Waals surface area (Å²) in [5.41, 5.74) is 1.13. The highest BCUT2D eigenvalue weighted by atomic mass is 35.5. The van der Waals surface area contributed by atoms with Crippen LogP contribution in [0, 0.1) is 0 Å². The highest BCUT2D eigenvalue weighted by molar-refractivity contribution is 5.85.